The van der Waals surface area contributed by atoms with Gasteiger partial charge in [-0.15, -0.1) is 11.3 Å². The highest BCUT2D eigenvalue weighted by molar-refractivity contribution is 9.10. The first kappa shape index (κ1) is 13.1. The van der Waals surface area contributed by atoms with Gasteiger partial charge in [-0.25, -0.2) is 0 Å². The van der Waals surface area contributed by atoms with E-state index in [2.05, 4.69) is 22.0 Å². The monoisotopic (exact) mass is 359 g/mol. The summed E-state index contributed by atoms with van der Waals surface area (Å²) < 4.78 is 1.85. The average molecular weight is 361 g/mol. The van der Waals surface area contributed by atoms with Crippen LogP contribution in [0.25, 0.3) is 0 Å². The first-order valence-corrected chi connectivity index (χ1v) is 9.25. The van der Waals surface area contributed by atoms with Crippen molar-refractivity contribution < 1.29 is 0 Å². The van der Waals surface area contributed by atoms with E-state index in [1.54, 1.807) is 11.3 Å². The van der Waals surface area contributed by atoms with Crippen LogP contribution in [0.15, 0.2) is 10.5 Å². The lowest BCUT2D eigenvalue weighted by atomic mass is 9.47. The van der Waals surface area contributed by atoms with Gasteiger partial charge in [0, 0.05) is 15.4 Å². The molecular formula is C15H19BrClNS. The van der Waals surface area contributed by atoms with Gasteiger partial charge >= 0.3 is 0 Å². The smallest absolute Gasteiger partial charge is 0.107 e. The molecule has 4 heteroatoms. The number of rotatable bonds is 2. The van der Waals surface area contributed by atoms with Crippen molar-refractivity contribution in [2.24, 2.45) is 28.9 Å². The summed E-state index contributed by atoms with van der Waals surface area (Å²) in [6.07, 6.45) is 8.48. The number of hydrogen-bond acceptors (Lipinski definition) is 2. The lowest BCUT2D eigenvalue weighted by Gasteiger charge is -2.58. The molecule has 0 radical (unpaired) electrons. The first-order valence-electron chi connectivity index (χ1n) is 7.26. The Morgan fingerprint density at radius 3 is 2.16 bits per heavy atom. The normalized spacial score (nSPS) is 41.7. The predicted molar refractivity (Wildman–Crippen MR) is 84.6 cm³/mol. The number of thiophene rings is 1. The van der Waals surface area contributed by atoms with Crippen LogP contribution in [0.2, 0.25) is 4.34 Å². The van der Waals surface area contributed by atoms with Crippen molar-refractivity contribution in [3.8, 4) is 0 Å². The topological polar surface area (TPSA) is 26.0 Å². The fraction of sp³-hybridized carbons (Fsp3) is 0.733. The maximum Gasteiger partial charge on any atom is 0.107 e. The van der Waals surface area contributed by atoms with Crippen LogP contribution in [-0.2, 0) is 0 Å². The van der Waals surface area contributed by atoms with Gasteiger partial charge in [-0.1, -0.05) is 11.6 Å². The van der Waals surface area contributed by atoms with E-state index in [0.29, 0.717) is 5.41 Å². The van der Waals surface area contributed by atoms with Crippen LogP contribution in [0.3, 0.4) is 0 Å². The molecule has 1 aromatic heterocycles. The van der Waals surface area contributed by atoms with Crippen LogP contribution in [-0.4, -0.2) is 0 Å². The fourth-order valence-corrected chi connectivity index (χ4v) is 7.26. The molecule has 4 saturated carbocycles. The van der Waals surface area contributed by atoms with Crippen LogP contribution in [0.4, 0.5) is 0 Å². The summed E-state index contributed by atoms with van der Waals surface area (Å²) in [6, 6.07) is 2.34. The Bertz CT molecular complexity index is 457. The largest absolute Gasteiger partial charge is 0.323 e. The van der Waals surface area contributed by atoms with Crippen molar-refractivity contribution >= 4 is 38.9 Å². The van der Waals surface area contributed by atoms with Gasteiger partial charge in [0.05, 0.1) is 0 Å². The molecule has 0 aromatic carbocycles. The van der Waals surface area contributed by atoms with Crippen molar-refractivity contribution in [1.29, 1.82) is 0 Å². The molecule has 1 aromatic rings. The van der Waals surface area contributed by atoms with E-state index >= 15 is 0 Å². The van der Waals surface area contributed by atoms with E-state index in [1.807, 2.05) is 0 Å². The highest BCUT2D eigenvalue weighted by Gasteiger charge is 2.53. The van der Waals surface area contributed by atoms with Gasteiger partial charge < -0.3 is 5.73 Å². The molecule has 1 atom stereocenters. The third kappa shape index (κ3) is 2.04. The van der Waals surface area contributed by atoms with Crippen molar-refractivity contribution in [2.45, 2.75) is 44.6 Å². The van der Waals surface area contributed by atoms with Gasteiger partial charge in [-0.3, -0.25) is 0 Å². The molecule has 2 N–H and O–H groups in total. The molecule has 0 aliphatic heterocycles. The van der Waals surface area contributed by atoms with Crippen LogP contribution < -0.4 is 5.73 Å². The Kier molecular flexibility index (Phi) is 3.08. The highest BCUT2D eigenvalue weighted by Crippen LogP contribution is 2.64. The Morgan fingerprint density at radius 1 is 1.21 bits per heavy atom. The molecule has 0 spiro atoms. The molecule has 4 bridgehead atoms. The SMILES string of the molecule is NC(c1cc(Br)c(Cl)s1)C12CC3CC(CC(C3)C1)C2. The van der Waals surface area contributed by atoms with E-state index in [9.17, 15) is 0 Å². The lowest BCUT2D eigenvalue weighted by Crippen LogP contribution is -2.50. The zero-order valence-corrected chi connectivity index (χ0v) is 14.0. The van der Waals surface area contributed by atoms with Crippen molar-refractivity contribution in [3.05, 3.63) is 19.8 Å². The molecule has 0 amide bonds. The molecule has 4 aliphatic rings. The third-order valence-corrected chi connectivity index (χ3v) is 8.27. The predicted octanol–water partition coefficient (Wildman–Crippen LogP) is 5.38. The maximum atomic E-state index is 6.71. The van der Waals surface area contributed by atoms with Gasteiger partial charge in [-0.2, -0.15) is 0 Å². The molecule has 0 saturated heterocycles. The molecule has 104 valence electrons. The fourth-order valence-electron chi connectivity index (χ4n) is 5.38. The Hall–Kier alpha value is 0.430. The summed E-state index contributed by atoms with van der Waals surface area (Å²) >= 11 is 11.4. The minimum atomic E-state index is 0.190. The van der Waals surface area contributed by atoms with Crippen LogP contribution in [0.1, 0.15) is 49.4 Å². The van der Waals surface area contributed by atoms with Gasteiger partial charge in [0.25, 0.3) is 0 Å². The second-order valence-corrected chi connectivity index (χ2v) is 9.57. The van der Waals surface area contributed by atoms with Crippen LogP contribution in [0, 0.1) is 23.2 Å². The summed E-state index contributed by atoms with van der Waals surface area (Å²) in [7, 11) is 0. The van der Waals surface area contributed by atoms with Crippen molar-refractivity contribution in [2.75, 3.05) is 0 Å². The molecule has 1 nitrogen and oxygen atoms in total. The minimum Gasteiger partial charge on any atom is -0.323 e. The van der Waals surface area contributed by atoms with Crippen LogP contribution >= 0.6 is 38.9 Å². The van der Waals surface area contributed by atoms with E-state index in [-0.39, 0.29) is 6.04 Å². The van der Waals surface area contributed by atoms with Crippen LogP contribution in [0.5, 0.6) is 0 Å². The van der Waals surface area contributed by atoms with Crippen molar-refractivity contribution in [1.82, 2.24) is 0 Å². The quantitative estimate of drug-likeness (QED) is 0.752. The van der Waals surface area contributed by atoms with Gasteiger partial charge in [0.1, 0.15) is 4.34 Å². The Labute approximate surface area is 132 Å². The molecule has 4 fully saturated rings. The Balaban J connectivity index is 1.67. The minimum absolute atomic E-state index is 0.190. The highest BCUT2D eigenvalue weighted by atomic mass is 79.9. The molecule has 19 heavy (non-hydrogen) atoms. The second kappa shape index (κ2) is 4.46. The third-order valence-electron chi connectivity index (χ3n) is 5.72. The summed E-state index contributed by atoms with van der Waals surface area (Å²) in [6.45, 7) is 0. The number of nitrogens with two attached hydrogens (primary N) is 1. The lowest BCUT2D eigenvalue weighted by molar-refractivity contribution is -0.0672. The molecule has 4 aliphatic carbocycles. The van der Waals surface area contributed by atoms with E-state index in [0.717, 1.165) is 26.6 Å². The van der Waals surface area contributed by atoms with E-state index < -0.39 is 0 Å². The zero-order valence-electron chi connectivity index (χ0n) is 10.9. The number of halogens is 2. The standard InChI is InChI=1S/C15H19BrClNS/c16-11-4-12(19-14(11)17)13(18)15-5-8-1-9(6-15)3-10(2-8)7-15/h4,8-10,13H,1-3,5-7,18H2. The summed E-state index contributed by atoms with van der Waals surface area (Å²) in [5.74, 6) is 2.86. The maximum absolute atomic E-state index is 6.71. The molecule has 5 rings (SSSR count). The first-order chi connectivity index (χ1) is 9.06. The summed E-state index contributed by atoms with van der Waals surface area (Å²) in [4.78, 5) is 1.28. The van der Waals surface area contributed by atoms with E-state index in [4.69, 9.17) is 17.3 Å². The second-order valence-electron chi connectivity index (χ2n) is 7.03. The van der Waals surface area contributed by atoms with Gasteiger partial charge in [0.15, 0.2) is 0 Å². The van der Waals surface area contributed by atoms with E-state index in [1.165, 1.54) is 43.4 Å². The molecular weight excluding hydrogens is 342 g/mol. The average Bonchev–Trinajstić information content (AvgIpc) is 2.67. The van der Waals surface area contributed by atoms with Gasteiger partial charge in [0.2, 0.25) is 0 Å². The summed E-state index contributed by atoms with van der Waals surface area (Å²) in [5.41, 5.74) is 7.08. The number of hydrogen-bond donors (Lipinski definition) is 1. The zero-order chi connectivity index (χ0) is 13.2. The molecule has 1 unspecified atom stereocenters. The van der Waals surface area contributed by atoms with Crippen molar-refractivity contribution in [3.63, 3.8) is 0 Å². The summed E-state index contributed by atoms with van der Waals surface area (Å²) in [5, 5.41) is 0. The molecule has 1 heterocycles. The van der Waals surface area contributed by atoms with Gasteiger partial charge in [-0.05, 0) is 83.7 Å². The Morgan fingerprint density at radius 2 is 1.74 bits per heavy atom.